The van der Waals surface area contributed by atoms with Crippen molar-refractivity contribution in [2.24, 2.45) is 11.0 Å². The van der Waals surface area contributed by atoms with Crippen molar-refractivity contribution in [2.75, 3.05) is 12.4 Å². The van der Waals surface area contributed by atoms with Crippen molar-refractivity contribution in [3.05, 3.63) is 40.4 Å². The number of hydrogen-bond donors (Lipinski definition) is 2. The Morgan fingerprint density at radius 3 is 2.26 bits per heavy atom. The lowest BCUT2D eigenvalue weighted by Crippen LogP contribution is -2.44. The lowest BCUT2D eigenvalue weighted by molar-refractivity contribution is -0.140. The molecule has 1 atom stereocenters. The highest BCUT2D eigenvalue weighted by Gasteiger charge is 2.39. The molecular weight excluding hydrogens is 422 g/mol. The van der Waals surface area contributed by atoms with Gasteiger partial charge < -0.3 is 15.5 Å². The molecule has 168 valence electrons. The zero-order valence-electron chi connectivity index (χ0n) is 18.8. The Balaban J connectivity index is 3.42. The number of allylic oxidation sites excluding steroid dienone is 2. The molecule has 0 spiro atoms. The van der Waals surface area contributed by atoms with Crippen LogP contribution in [-0.2, 0) is 23.9 Å². The summed E-state index contributed by atoms with van der Waals surface area (Å²) < 4.78 is 4.71. The molecule has 1 aromatic carbocycles. The summed E-state index contributed by atoms with van der Waals surface area (Å²) in [4.78, 5) is 50.9. The van der Waals surface area contributed by atoms with E-state index in [0.29, 0.717) is 21.8 Å². The minimum atomic E-state index is -1.77. The summed E-state index contributed by atoms with van der Waals surface area (Å²) in [6.07, 6.45) is 1.18. The van der Waals surface area contributed by atoms with Crippen LogP contribution in [0.25, 0.3) is 0 Å². The molecule has 9 heteroatoms. The van der Waals surface area contributed by atoms with Gasteiger partial charge in [0.15, 0.2) is 11.5 Å². The second kappa shape index (κ2) is 10.9. The van der Waals surface area contributed by atoms with Gasteiger partial charge in [0, 0.05) is 16.2 Å². The number of Topliss-reactive ketones (excluding diaryl/α,β-unsaturated/α-hetero) is 1. The van der Waals surface area contributed by atoms with E-state index in [1.54, 1.807) is 53.7 Å². The quantitative estimate of drug-likeness (QED) is 0.157. The number of ketones is 2. The number of hydrazone groups is 1. The molecule has 0 unspecified atom stereocenters. The molecule has 8 nitrogen and oxygen atoms in total. The number of ether oxygens (including phenoxy) is 1. The van der Waals surface area contributed by atoms with E-state index >= 15 is 0 Å². The number of anilines is 1. The number of benzene rings is 1. The van der Waals surface area contributed by atoms with E-state index in [1.165, 1.54) is 12.1 Å². The van der Waals surface area contributed by atoms with Gasteiger partial charge >= 0.3 is 5.97 Å². The topological polar surface area (TPSA) is 114 Å². The second-order valence-corrected chi connectivity index (χ2v) is 8.62. The van der Waals surface area contributed by atoms with Crippen molar-refractivity contribution in [2.45, 2.75) is 47.1 Å². The van der Waals surface area contributed by atoms with Crippen LogP contribution < -0.4 is 10.7 Å². The maximum Gasteiger partial charge on any atom is 0.355 e. The second-order valence-electron chi connectivity index (χ2n) is 8.19. The number of carbonyl (C=O) groups excluding carboxylic acids is 4. The molecule has 1 rings (SSSR count). The van der Waals surface area contributed by atoms with Gasteiger partial charge in [-0.05, 0) is 71.4 Å². The average Bonchev–Trinajstić information content (AvgIpc) is 2.64. The van der Waals surface area contributed by atoms with Crippen LogP contribution in [0.5, 0.6) is 0 Å². The van der Waals surface area contributed by atoms with Gasteiger partial charge in [0.2, 0.25) is 5.78 Å². The van der Waals surface area contributed by atoms with Crippen LogP contribution in [0.15, 0.2) is 34.9 Å². The van der Waals surface area contributed by atoms with Gasteiger partial charge in [0.1, 0.15) is 5.92 Å². The Kier molecular flexibility index (Phi) is 9.12. The zero-order valence-corrected chi connectivity index (χ0v) is 19.5. The van der Waals surface area contributed by atoms with Crippen molar-refractivity contribution >= 4 is 46.4 Å². The highest BCUT2D eigenvalue weighted by Crippen LogP contribution is 2.20. The van der Waals surface area contributed by atoms with E-state index in [-0.39, 0.29) is 0 Å². The molecule has 1 aromatic rings. The molecule has 0 aromatic heterocycles. The fourth-order valence-electron chi connectivity index (χ4n) is 2.40. The third-order valence-corrected chi connectivity index (χ3v) is 4.05. The normalized spacial score (nSPS) is 12.5. The monoisotopic (exact) mass is 449 g/mol. The molecule has 0 bridgehead atoms. The molecule has 0 saturated heterocycles. The number of nitrogens with one attached hydrogen (secondary N) is 2. The van der Waals surface area contributed by atoms with E-state index in [9.17, 15) is 19.2 Å². The number of methoxy groups -OCH3 is 1. The Hall–Kier alpha value is -3.00. The van der Waals surface area contributed by atoms with Gasteiger partial charge in [0.25, 0.3) is 5.91 Å². The van der Waals surface area contributed by atoms with E-state index in [4.69, 9.17) is 16.3 Å². The highest BCUT2D eigenvalue weighted by molar-refractivity contribution is 6.56. The summed E-state index contributed by atoms with van der Waals surface area (Å²) in [7, 11) is 1.10. The predicted octanol–water partition coefficient (Wildman–Crippen LogP) is 3.22. The fourth-order valence-corrected chi connectivity index (χ4v) is 2.63. The highest BCUT2D eigenvalue weighted by atomic mass is 35.5. The molecule has 0 heterocycles. The molecule has 0 fully saturated rings. The number of carbonyl (C=O) groups is 4. The summed E-state index contributed by atoms with van der Waals surface area (Å²) in [5.74, 6) is -5.74. The number of rotatable bonds is 8. The van der Waals surface area contributed by atoms with Crippen molar-refractivity contribution in [1.29, 1.82) is 0 Å². The maximum atomic E-state index is 13.0. The average molecular weight is 450 g/mol. The van der Waals surface area contributed by atoms with Gasteiger partial charge in [-0.2, -0.15) is 5.10 Å². The molecule has 0 aliphatic carbocycles. The van der Waals surface area contributed by atoms with Gasteiger partial charge in [-0.25, -0.2) is 4.79 Å². The Morgan fingerprint density at radius 2 is 1.77 bits per heavy atom. The summed E-state index contributed by atoms with van der Waals surface area (Å²) in [6, 6.07) is 4.70. The first-order valence-corrected chi connectivity index (χ1v) is 9.87. The number of aryl methyl sites for hydroxylation is 1. The van der Waals surface area contributed by atoms with Crippen LogP contribution in [0.4, 0.5) is 5.69 Å². The molecule has 1 amide bonds. The molecule has 0 radical (unpaired) electrons. The number of nitrogens with zero attached hydrogens (tertiary/aromatic N) is 1. The van der Waals surface area contributed by atoms with Gasteiger partial charge in [-0.1, -0.05) is 17.2 Å². The van der Waals surface area contributed by atoms with Crippen LogP contribution in [0.1, 0.15) is 40.2 Å². The first-order chi connectivity index (χ1) is 14.3. The van der Waals surface area contributed by atoms with Crippen LogP contribution in [0, 0.1) is 12.8 Å². The van der Waals surface area contributed by atoms with Crippen molar-refractivity contribution in [3.8, 4) is 0 Å². The number of hydrogen-bond acceptors (Lipinski definition) is 7. The minimum Gasteiger partial charge on any atom is -0.464 e. The molecule has 31 heavy (non-hydrogen) atoms. The Morgan fingerprint density at radius 1 is 1.16 bits per heavy atom. The van der Waals surface area contributed by atoms with E-state index in [0.717, 1.165) is 7.11 Å². The predicted molar refractivity (Wildman–Crippen MR) is 120 cm³/mol. The lowest BCUT2D eigenvalue weighted by atomic mass is 9.91. The maximum absolute atomic E-state index is 13.0. The van der Waals surface area contributed by atoms with Gasteiger partial charge in [-0.15, -0.1) is 0 Å². The molecule has 0 saturated carbocycles. The number of esters is 1. The SMILES string of the molecule is COC(=O)/C(=N/NC(C)(C)C)[C@H](C(=O)C=C(C)C)C(=O)C(=O)Nc1ccc(Cl)cc1C. The lowest BCUT2D eigenvalue weighted by Gasteiger charge is -2.20. The number of amides is 1. The standard InChI is InChI=1S/C22H28ClN3O5/c1-12(2)10-16(27)17(18(21(30)31-7)25-26-22(4,5)6)19(28)20(29)24-15-9-8-14(23)11-13(15)3/h8-11,17,26H,1-7H3,(H,24,29)/b25-18+/t17-/m0/s1. The van der Waals surface area contributed by atoms with Crippen LogP contribution in [0.3, 0.4) is 0 Å². The van der Waals surface area contributed by atoms with Crippen LogP contribution in [-0.4, -0.2) is 41.8 Å². The van der Waals surface area contributed by atoms with Crippen molar-refractivity contribution in [3.63, 3.8) is 0 Å². The Bertz CT molecular complexity index is 941. The van der Waals surface area contributed by atoms with E-state index in [1.807, 2.05) is 0 Å². The summed E-state index contributed by atoms with van der Waals surface area (Å²) in [6.45, 7) is 10.3. The van der Waals surface area contributed by atoms with E-state index < -0.39 is 40.6 Å². The summed E-state index contributed by atoms with van der Waals surface area (Å²) in [5.41, 5.74) is 3.18. The molecule has 0 aliphatic rings. The summed E-state index contributed by atoms with van der Waals surface area (Å²) in [5, 5.41) is 6.88. The molecular formula is C22H28ClN3O5. The Labute approximate surface area is 187 Å². The largest absolute Gasteiger partial charge is 0.464 e. The third-order valence-electron chi connectivity index (χ3n) is 3.82. The smallest absolute Gasteiger partial charge is 0.355 e. The van der Waals surface area contributed by atoms with Gasteiger partial charge in [-0.3, -0.25) is 14.4 Å². The van der Waals surface area contributed by atoms with Gasteiger partial charge in [0.05, 0.1) is 7.11 Å². The van der Waals surface area contributed by atoms with Crippen LogP contribution >= 0.6 is 11.6 Å². The third kappa shape index (κ3) is 7.97. The molecule has 0 aliphatic heterocycles. The van der Waals surface area contributed by atoms with Crippen molar-refractivity contribution in [1.82, 2.24) is 5.43 Å². The van der Waals surface area contributed by atoms with Crippen molar-refractivity contribution < 1.29 is 23.9 Å². The zero-order chi connectivity index (χ0) is 23.9. The first kappa shape index (κ1) is 26.0. The van der Waals surface area contributed by atoms with Crippen LogP contribution in [0.2, 0.25) is 5.02 Å². The fraction of sp³-hybridized carbons (Fsp3) is 0.409. The molecule has 2 N–H and O–H groups in total. The summed E-state index contributed by atoms with van der Waals surface area (Å²) >= 11 is 5.92. The number of halogens is 1. The van der Waals surface area contributed by atoms with E-state index in [2.05, 4.69) is 15.8 Å². The minimum absolute atomic E-state index is 0.348. The first-order valence-electron chi connectivity index (χ1n) is 9.50.